The minimum Gasteiger partial charge on any atom is -0.345 e. The van der Waals surface area contributed by atoms with E-state index in [1.807, 2.05) is 49.1 Å². The van der Waals surface area contributed by atoms with Gasteiger partial charge in [0.2, 0.25) is 0 Å². The smallest absolute Gasteiger partial charge is 0.153 e. The molecule has 4 aromatic rings. The average molecular weight is 308 g/mol. The van der Waals surface area contributed by atoms with Crippen molar-refractivity contribution in [3.05, 3.63) is 42.2 Å². The van der Waals surface area contributed by atoms with E-state index in [0.29, 0.717) is 0 Å². The molecule has 4 heterocycles. The summed E-state index contributed by atoms with van der Waals surface area (Å²) in [5.41, 5.74) is 4.55. The molecule has 4 rings (SSSR count). The molecule has 0 aliphatic rings. The molecule has 0 atom stereocenters. The number of aromatic amines is 1. The van der Waals surface area contributed by atoms with Crippen LogP contribution in [-0.4, -0.2) is 29.5 Å². The number of H-pyrrole nitrogens is 1. The van der Waals surface area contributed by atoms with Crippen LogP contribution in [0.1, 0.15) is 31.8 Å². The van der Waals surface area contributed by atoms with Gasteiger partial charge < -0.3 is 4.98 Å². The van der Waals surface area contributed by atoms with Gasteiger partial charge in [0.15, 0.2) is 5.65 Å². The first-order valence-corrected chi connectivity index (χ1v) is 7.76. The lowest BCUT2D eigenvalue weighted by Gasteiger charge is -2.01. The fourth-order valence-electron chi connectivity index (χ4n) is 2.34. The Kier molecular flexibility index (Phi) is 4.06. The van der Waals surface area contributed by atoms with Crippen LogP contribution in [0.5, 0.6) is 0 Å². The molecule has 6 nitrogen and oxygen atoms in total. The van der Waals surface area contributed by atoms with E-state index in [0.717, 1.165) is 39.5 Å². The number of hydrogen-bond donors (Lipinski definition) is 1. The number of hydrogen-bond acceptors (Lipinski definition) is 4. The maximum absolute atomic E-state index is 4.63. The van der Waals surface area contributed by atoms with Gasteiger partial charge in [-0.2, -0.15) is 5.10 Å². The highest BCUT2D eigenvalue weighted by Crippen LogP contribution is 2.25. The molecule has 0 bridgehead atoms. The zero-order valence-corrected chi connectivity index (χ0v) is 13.8. The predicted molar refractivity (Wildman–Crippen MR) is 91.3 cm³/mol. The van der Waals surface area contributed by atoms with E-state index >= 15 is 0 Å². The van der Waals surface area contributed by atoms with Crippen molar-refractivity contribution in [3.63, 3.8) is 0 Å². The second kappa shape index (κ2) is 6.16. The number of imidazole rings is 1. The van der Waals surface area contributed by atoms with Crippen molar-refractivity contribution in [1.29, 1.82) is 0 Å². The molecule has 0 amide bonds. The van der Waals surface area contributed by atoms with Crippen molar-refractivity contribution in [3.8, 4) is 11.3 Å². The van der Waals surface area contributed by atoms with Crippen molar-refractivity contribution in [2.45, 2.75) is 34.1 Å². The molecule has 0 fully saturated rings. The second-order valence-corrected chi connectivity index (χ2v) is 5.48. The Balaban J connectivity index is 0.000000485. The highest BCUT2D eigenvalue weighted by atomic mass is 15.3. The van der Waals surface area contributed by atoms with E-state index in [4.69, 9.17) is 0 Å². The molecule has 0 aliphatic heterocycles. The monoisotopic (exact) mass is 308 g/mol. The van der Waals surface area contributed by atoms with E-state index < -0.39 is 0 Å². The summed E-state index contributed by atoms with van der Waals surface area (Å²) < 4.78 is 1.84. The van der Waals surface area contributed by atoms with Gasteiger partial charge in [0.1, 0.15) is 11.5 Å². The summed E-state index contributed by atoms with van der Waals surface area (Å²) in [5, 5.41) is 5.60. The first-order chi connectivity index (χ1) is 11.1. The van der Waals surface area contributed by atoms with Crippen molar-refractivity contribution in [2.75, 3.05) is 0 Å². The minimum absolute atomic E-state index is 0.750. The number of aryl methyl sites for hydroxylation is 2. The lowest BCUT2D eigenvalue weighted by Crippen LogP contribution is -1.96. The Labute approximate surface area is 134 Å². The first-order valence-electron chi connectivity index (χ1n) is 7.76. The average Bonchev–Trinajstić information content (AvgIpc) is 3.11. The van der Waals surface area contributed by atoms with E-state index in [2.05, 4.69) is 38.9 Å². The van der Waals surface area contributed by atoms with Gasteiger partial charge in [-0.05, 0) is 26.0 Å². The van der Waals surface area contributed by atoms with Crippen molar-refractivity contribution in [2.24, 2.45) is 0 Å². The molecule has 0 radical (unpaired) electrons. The molecule has 6 heteroatoms. The summed E-state index contributed by atoms with van der Waals surface area (Å²) in [6.45, 7) is 8.11. The van der Waals surface area contributed by atoms with Gasteiger partial charge in [-0.3, -0.25) is 0 Å². The van der Waals surface area contributed by atoms with Gasteiger partial charge in [-0.25, -0.2) is 19.5 Å². The van der Waals surface area contributed by atoms with Crippen LogP contribution in [0.2, 0.25) is 0 Å². The molecule has 0 aromatic carbocycles. The van der Waals surface area contributed by atoms with Crippen LogP contribution >= 0.6 is 0 Å². The molecule has 23 heavy (non-hydrogen) atoms. The number of fused-ring (bicyclic) bond motifs is 2. The summed E-state index contributed by atoms with van der Waals surface area (Å²) >= 11 is 0. The first kappa shape index (κ1) is 15.1. The minimum atomic E-state index is 0.750. The van der Waals surface area contributed by atoms with E-state index in [-0.39, 0.29) is 0 Å². The molecule has 4 aromatic heterocycles. The topological polar surface area (TPSA) is 71.8 Å². The number of nitrogens with zero attached hydrogens (tertiary/aromatic N) is 5. The highest BCUT2D eigenvalue weighted by molar-refractivity contribution is 5.91. The molecular weight excluding hydrogens is 288 g/mol. The van der Waals surface area contributed by atoms with Gasteiger partial charge >= 0.3 is 0 Å². The summed E-state index contributed by atoms with van der Waals surface area (Å²) in [7, 11) is 0. The van der Waals surface area contributed by atoms with Crippen LogP contribution in [-0.2, 0) is 0 Å². The highest BCUT2D eigenvalue weighted by Gasteiger charge is 2.10. The fraction of sp³-hybridized carbons (Fsp3) is 0.294. The maximum Gasteiger partial charge on any atom is 0.153 e. The number of aromatic nitrogens is 6. The van der Waals surface area contributed by atoms with Gasteiger partial charge in [-0.1, -0.05) is 20.3 Å². The van der Waals surface area contributed by atoms with Crippen LogP contribution in [0, 0.1) is 13.8 Å². The molecule has 0 saturated heterocycles. The van der Waals surface area contributed by atoms with Crippen LogP contribution < -0.4 is 0 Å². The Morgan fingerprint density at radius 3 is 2.65 bits per heavy atom. The normalized spacial score (nSPS) is 10.8. The molecule has 118 valence electrons. The molecule has 1 N–H and O–H groups in total. The number of nitrogens with one attached hydrogen (secondary N) is 1. The van der Waals surface area contributed by atoms with Crippen LogP contribution in [0.4, 0.5) is 0 Å². The van der Waals surface area contributed by atoms with Crippen molar-refractivity contribution >= 4 is 16.7 Å². The summed E-state index contributed by atoms with van der Waals surface area (Å²) in [4.78, 5) is 16.1. The van der Waals surface area contributed by atoms with Crippen LogP contribution in [0.25, 0.3) is 27.9 Å². The third-order valence-electron chi connectivity index (χ3n) is 3.36. The lowest BCUT2D eigenvalue weighted by molar-refractivity contribution is 0.906. The van der Waals surface area contributed by atoms with E-state index in [9.17, 15) is 0 Å². The maximum atomic E-state index is 4.63. The van der Waals surface area contributed by atoms with E-state index in [1.54, 1.807) is 0 Å². The zero-order valence-electron chi connectivity index (χ0n) is 13.8. The molecular formula is C17H20N6. The van der Waals surface area contributed by atoms with Gasteiger partial charge in [-0.15, -0.1) is 0 Å². The largest absolute Gasteiger partial charge is 0.345 e. The third kappa shape index (κ3) is 2.79. The van der Waals surface area contributed by atoms with Gasteiger partial charge in [0.25, 0.3) is 0 Å². The standard InChI is InChI=1S/C14H12N6.C3H8/c1-8-5-16-13-4-3-12(19-20(8)13)10-6-17-14-11(10)7-15-9(2)18-14;1-3-2/h3-7H,1-2H3,(H,15,17,18);3H2,1-2H3. The van der Waals surface area contributed by atoms with Crippen molar-refractivity contribution < 1.29 is 0 Å². The van der Waals surface area contributed by atoms with Crippen LogP contribution in [0.3, 0.4) is 0 Å². The van der Waals surface area contributed by atoms with Crippen molar-refractivity contribution in [1.82, 2.24) is 29.5 Å². The van der Waals surface area contributed by atoms with Gasteiger partial charge in [0, 0.05) is 23.3 Å². The zero-order chi connectivity index (χ0) is 16.4. The Hall–Kier alpha value is -2.76. The Morgan fingerprint density at radius 1 is 1.09 bits per heavy atom. The molecule has 0 unspecified atom stereocenters. The molecule has 0 saturated carbocycles. The quantitative estimate of drug-likeness (QED) is 0.582. The summed E-state index contributed by atoms with van der Waals surface area (Å²) in [6.07, 6.45) is 6.81. The van der Waals surface area contributed by atoms with Crippen LogP contribution in [0.15, 0.2) is 30.7 Å². The second-order valence-electron chi connectivity index (χ2n) is 5.48. The number of rotatable bonds is 1. The molecule has 0 spiro atoms. The summed E-state index contributed by atoms with van der Waals surface area (Å²) in [5.74, 6) is 0.750. The third-order valence-corrected chi connectivity index (χ3v) is 3.36. The van der Waals surface area contributed by atoms with Gasteiger partial charge in [0.05, 0.1) is 17.6 Å². The fourth-order valence-corrected chi connectivity index (χ4v) is 2.34. The Morgan fingerprint density at radius 2 is 1.87 bits per heavy atom. The SMILES string of the molecule is CCC.Cc1ncc2c(-c3ccc4ncc(C)n4n3)c[nH]c2n1. The molecule has 0 aliphatic carbocycles. The Bertz CT molecular complexity index is 950. The summed E-state index contributed by atoms with van der Waals surface area (Å²) in [6, 6.07) is 3.92. The predicted octanol–water partition coefficient (Wildman–Crippen LogP) is 3.70. The van der Waals surface area contributed by atoms with E-state index in [1.165, 1.54) is 6.42 Å². The lowest BCUT2D eigenvalue weighted by atomic mass is 10.2.